The number of likely N-dealkylation sites (tertiary alicyclic amines) is 1. The van der Waals surface area contributed by atoms with Crippen LogP contribution in [0, 0.1) is 5.82 Å². The van der Waals surface area contributed by atoms with Gasteiger partial charge in [0, 0.05) is 31.2 Å². The van der Waals surface area contributed by atoms with E-state index in [1.165, 1.54) is 19.2 Å². The van der Waals surface area contributed by atoms with Gasteiger partial charge in [-0.15, -0.1) is 0 Å². The highest BCUT2D eigenvalue weighted by Gasteiger charge is 2.21. The quantitative estimate of drug-likeness (QED) is 0.822. The second kappa shape index (κ2) is 8.77. The topological polar surface area (TPSA) is 58.6 Å². The molecule has 3 rings (SSSR count). The minimum atomic E-state index is -0.459. The van der Waals surface area contributed by atoms with Gasteiger partial charge in [0.25, 0.3) is 5.91 Å². The van der Waals surface area contributed by atoms with Crippen molar-refractivity contribution in [2.24, 2.45) is 0 Å². The van der Waals surface area contributed by atoms with Crippen LogP contribution in [0.25, 0.3) is 0 Å². The first-order valence-electron chi connectivity index (χ1n) is 9.01. The maximum atomic E-state index is 13.0. The number of amides is 1. The second-order valence-corrected chi connectivity index (χ2v) is 6.72. The normalized spacial score (nSPS) is 15.3. The van der Waals surface area contributed by atoms with E-state index < -0.39 is 5.97 Å². The first-order chi connectivity index (χ1) is 13.0. The lowest BCUT2D eigenvalue weighted by molar-refractivity contribution is 0.0600. The molecule has 0 spiro atoms. The molecule has 0 radical (unpaired) electrons. The van der Waals surface area contributed by atoms with Gasteiger partial charge in [0.1, 0.15) is 5.82 Å². The van der Waals surface area contributed by atoms with Crippen molar-refractivity contribution in [1.82, 2.24) is 10.2 Å². The van der Waals surface area contributed by atoms with Crippen LogP contribution < -0.4 is 5.32 Å². The van der Waals surface area contributed by atoms with Crippen molar-refractivity contribution in [2.75, 3.05) is 20.2 Å². The highest BCUT2D eigenvalue weighted by molar-refractivity contribution is 5.98. The predicted octanol–water partition coefficient (Wildman–Crippen LogP) is 3.01. The van der Waals surface area contributed by atoms with Crippen LogP contribution in [0.3, 0.4) is 0 Å². The van der Waals surface area contributed by atoms with Crippen LogP contribution in [0.1, 0.15) is 39.1 Å². The van der Waals surface area contributed by atoms with E-state index in [9.17, 15) is 14.0 Å². The molecule has 1 saturated heterocycles. The van der Waals surface area contributed by atoms with Crippen molar-refractivity contribution in [3.05, 3.63) is 71.0 Å². The maximum Gasteiger partial charge on any atom is 0.337 e. The Morgan fingerprint density at radius 1 is 1.11 bits per heavy atom. The standard InChI is InChI=1S/C21H23FN2O3/c1-27-21(26)17-4-2-3-16(13-17)20(25)23-19-9-11-24(12-10-19)14-15-5-7-18(22)8-6-15/h2-8,13,19H,9-12,14H2,1H3,(H,23,25). The van der Waals surface area contributed by atoms with Gasteiger partial charge in [-0.2, -0.15) is 0 Å². The number of benzene rings is 2. The number of ether oxygens (including phenoxy) is 1. The molecular weight excluding hydrogens is 347 g/mol. The molecule has 1 N–H and O–H groups in total. The average Bonchev–Trinajstić information content (AvgIpc) is 2.70. The Morgan fingerprint density at radius 3 is 2.44 bits per heavy atom. The zero-order valence-electron chi connectivity index (χ0n) is 15.3. The van der Waals surface area contributed by atoms with Crippen LogP contribution in [-0.2, 0) is 11.3 Å². The number of carbonyl (C=O) groups is 2. The summed E-state index contributed by atoms with van der Waals surface area (Å²) in [5.74, 6) is -0.868. The van der Waals surface area contributed by atoms with Crippen molar-refractivity contribution in [2.45, 2.75) is 25.4 Å². The maximum absolute atomic E-state index is 13.0. The summed E-state index contributed by atoms with van der Waals surface area (Å²) in [4.78, 5) is 26.4. The molecule has 142 valence electrons. The Morgan fingerprint density at radius 2 is 1.78 bits per heavy atom. The average molecular weight is 370 g/mol. The first kappa shape index (κ1) is 19.0. The van der Waals surface area contributed by atoms with Gasteiger partial charge in [-0.05, 0) is 48.7 Å². The summed E-state index contributed by atoms with van der Waals surface area (Å²) >= 11 is 0. The van der Waals surface area contributed by atoms with Crippen LogP contribution in [0.2, 0.25) is 0 Å². The molecule has 1 aliphatic heterocycles. The molecule has 0 saturated carbocycles. The number of piperidine rings is 1. The fraction of sp³-hybridized carbons (Fsp3) is 0.333. The molecule has 0 atom stereocenters. The summed E-state index contributed by atoms with van der Waals surface area (Å²) in [7, 11) is 1.31. The highest BCUT2D eigenvalue weighted by atomic mass is 19.1. The highest BCUT2D eigenvalue weighted by Crippen LogP contribution is 2.15. The summed E-state index contributed by atoms with van der Waals surface area (Å²) in [5, 5.41) is 3.04. The fourth-order valence-electron chi connectivity index (χ4n) is 3.26. The summed E-state index contributed by atoms with van der Waals surface area (Å²) in [5.41, 5.74) is 1.89. The summed E-state index contributed by atoms with van der Waals surface area (Å²) in [6.07, 6.45) is 1.70. The summed E-state index contributed by atoms with van der Waals surface area (Å²) < 4.78 is 17.7. The van der Waals surface area contributed by atoms with Crippen molar-refractivity contribution >= 4 is 11.9 Å². The van der Waals surface area contributed by atoms with Crippen LogP contribution >= 0.6 is 0 Å². The van der Waals surface area contributed by atoms with Gasteiger partial charge >= 0.3 is 5.97 Å². The molecule has 1 heterocycles. The Bertz CT molecular complexity index is 799. The SMILES string of the molecule is COC(=O)c1cccc(C(=O)NC2CCN(Cc3ccc(F)cc3)CC2)c1. The summed E-state index contributed by atoms with van der Waals surface area (Å²) in [6.45, 7) is 2.51. The molecule has 2 aromatic rings. The van der Waals surface area contributed by atoms with Gasteiger partial charge in [0.2, 0.25) is 0 Å². The monoisotopic (exact) mass is 370 g/mol. The third-order valence-corrected chi connectivity index (χ3v) is 4.79. The van der Waals surface area contributed by atoms with E-state index in [-0.39, 0.29) is 17.8 Å². The number of esters is 1. The smallest absolute Gasteiger partial charge is 0.337 e. The number of rotatable bonds is 5. The minimum absolute atomic E-state index is 0.101. The first-order valence-corrected chi connectivity index (χ1v) is 9.01. The van der Waals surface area contributed by atoms with Crippen molar-refractivity contribution in [3.63, 3.8) is 0 Å². The zero-order chi connectivity index (χ0) is 19.2. The fourth-order valence-corrected chi connectivity index (χ4v) is 3.26. The van der Waals surface area contributed by atoms with E-state index in [0.29, 0.717) is 11.1 Å². The molecule has 6 heteroatoms. The molecule has 1 aliphatic rings. The van der Waals surface area contributed by atoms with Gasteiger partial charge in [-0.1, -0.05) is 18.2 Å². The largest absolute Gasteiger partial charge is 0.465 e. The van der Waals surface area contributed by atoms with Crippen molar-refractivity contribution in [3.8, 4) is 0 Å². The Hall–Kier alpha value is -2.73. The molecule has 1 amide bonds. The molecule has 1 fully saturated rings. The zero-order valence-corrected chi connectivity index (χ0v) is 15.3. The van der Waals surface area contributed by atoms with Crippen molar-refractivity contribution in [1.29, 1.82) is 0 Å². The molecular formula is C21H23FN2O3. The predicted molar refractivity (Wildman–Crippen MR) is 99.9 cm³/mol. The van der Waals surface area contributed by atoms with E-state index in [1.807, 2.05) is 0 Å². The molecule has 27 heavy (non-hydrogen) atoms. The summed E-state index contributed by atoms with van der Waals surface area (Å²) in [6, 6.07) is 13.2. The Kier molecular flexibility index (Phi) is 6.19. The van der Waals surface area contributed by atoms with E-state index in [4.69, 9.17) is 4.74 Å². The van der Waals surface area contributed by atoms with Gasteiger partial charge in [-0.3, -0.25) is 9.69 Å². The molecule has 5 nitrogen and oxygen atoms in total. The second-order valence-electron chi connectivity index (χ2n) is 6.72. The van der Waals surface area contributed by atoms with Crippen LogP contribution in [0.5, 0.6) is 0 Å². The number of hydrogen-bond acceptors (Lipinski definition) is 4. The van der Waals surface area contributed by atoms with Gasteiger partial charge in [0.05, 0.1) is 12.7 Å². The van der Waals surface area contributed by atoms with E-state index in [1.54, 1.807) is 36.4 Å². The van der Waals surface area contributed by atoms with Crippen LogP contribution in [0.4, 0.5) is 4.39 Å². The Balaban J connectivity index is 1.50. The van der Waals surface area contributed by atoms with Gasteiger partial charge in [0.15, 0.2) is 0 Å². The number of methoxy groups -OCH3 is 1. The van der Waals surface area contributed by atoms with Crippen LogP contribution in [0.15, 0.2) is 48.5 Å². The molecule has 0 unspecified atom stereocenters. The van der Waals surface area contributed by atoms with E-state index in [0.717, 1.165) is 38.0 Å². The number of halogens is 1. The van der Waals surface area contributed by atoms with Crippen molar-refractivity contribution < 1.29 is 18.7 Å². The Labute approximate surface area is 158 Å². The lowest BCUT2D eigenvalue weighted by Gasteiger charge is -2.32. The molecule has 2 aromatic carbocycles. The molecule has 0 aliphatic carbocycles. The lowest BCUT2D eigenvalue weighted by Crippen LogP contribution is -2.44. The number of hydrogen-bond donors (Lipinski definition) is 1. The van der Waals surface area contributed by atoms with Gasteiger partial charge < -0.3 is 10.1 Å². The van der Waals surface area contributed by atoms with E-state index >= 15 is 0 Å². The number of nitrogens with one attached hydrogen (secondary N) is 1. The molecule has 0 aromatic heterocycles. The third kappa shape index (κ3) is 5.14. The minimum Gasteiger partial charge on any atom is -0.465 e. The number of carbonyl (C=O) groups excluding carboxylic acids is 2. The van der Waals surface area contributed by atoms with E-state index in [2.05, 4.69) is 10.2 Å². The third-order valence-electron chi connectivity index (χ3n) is 4.79. The van der Waals surface area contributed by atoms with Gasteiger partial charge in [-0.25, -0.2) is 9.18 Å². The van der Waals surface area contributed by atoms with Crippen LogP contribution in [-0.4, -0.2) is 43.0 Å². The lowest BCUT2D eigenvalue weighted by atomic mass is 10.0. The number of nitrogens with zero attached hydrogens (tertiary/aromatic N) is 1. The molecule has 0 bridgehead atoms.